The summed E-state index contributed by atoms with van der Waals surface area (Å²) in [5.74, 6) is -0.142. The second-order valence-electron chi connectivity index (χ2n) is 5.06. The number of hydrogen-bond donors (Lipinski definition) is 2. The maximum absolute atomic E-state index is 12.0. The van der Waals surface area contributed by atoms with Crippen LogP contribution in [0.15, 0.2) is 41.3 Å². The minimum Gasteiger partial charge on any atom is -0.399 e. The second-order valence-corrected chi connectivity index (χ2v) is 5.06. The number of aromatic nitrogens is 1. The van der Waals surface area contributed by atoms with Crippen LogP contribution in [0.3, 0.4) is 0 Å². The molecule has 2 rings (SSSR count). The lowest BCUT2D eigenvalue weighted by Gasteiger charge is -2.10. The largest absolute Gasteiger partial charge is 0.399 e. The first kappa shape index (κ1) is 14.8. The van der Waals surface area contributed by atoms with Gasteiger partial charge in [0.05, 0.1) is 0 Å². The summed E-state index contributed by atoms with van der Waals surface area (Å²) in [5.41, 5.74) is 8.57. The Labute approximate surface area is 123 Å². The van der Waals surface area contributed by atoms with E-state index in [1.807, 2.05) is 13.0 Å². The van der Waals surface area contributed by atoms with E-state index in [4.69, 9.17) is 5.73 Å². The van der Waals surface area contributed by atoms with Gasteiger partial charge in [0, 0.05) is 36.1 Å². The Kier molecular flexibility index (Phi) is 4.42. The van der Waals surface area contributed by atoms with Gasteiger partial charge in [0.2, 0.25) is 5.91 Å². The molecule has 0 aliphatic carbocycles. The highest BCUT2D eigenvalue weighted by molar-refractivity contribution is 5.91. The maximum Gasteiger partial charge on any atom is 0.253 e. The predicted octanol–water partition coefficient (Wildman–Crippen LogP) is 2.08. The molecule has 0 bridgehead atoms. The normalized spacial score (nSPS) is 10.4. The minimum absolute atomic E-state index is 0.0644. The zero-order valence-corrected chi connectivity index (χ0v) is 12.2. The average molecular weight is 285 g/mol. The summed E-state index contributed by atoms with van der Waals surface area (Å²) < 4.78 is 1.54. The number of nitrogen functional groups attached to an aromatic ring is 1. The van der Waals surface area contributed by atoms with Crippen LogP contribution >= 0.6 is 0 Å². The molecule has 5 nitrogen and oxygen atoms in total. The van der Waals surface area contributed by atoms with Gasteiger partial charge in [0.25, 0.3) is 5.56 Å². The number of benzene rings is 1. The van der Waals surface area contributed by atoms with E-state index in [1.165, 1.54) is 0 Å². The highest BCUT2D eigenvalue weighted by Crippen LogP contribution is 2.18. The van der Waals surface area contributed by atoms with Gasteiger partial charge in [-0.15, -0.1) is 0 Å². The number of hydrogen-bond acceptors (Lipinski definition) is 3. The first-order valence-corrected chi connectivity index (χ1v) is 6.79. The topological polar surface area (TPSA) is 77.1 Å². The van der Waals surface area contributed by atoms with Crippen molar-refractivity contribution in [1.29, 1.82) is 0 Å². The van der Waals surface area contributed by atoms with Gasteiger partial charge in [-0.25, -0.2) is 0 Å². The summed E-state index contributed by atoms with van der Waals surface area (Å²) in [6.07, 6.45) is 1.92. The molecule has 1 heterocycles. The molecule has 1 aromatic carbocycles. The van der Waals surface area contributed by atoms with Crippen molar-refractivity contribution in [3.05, 3.63) is 58.0 Å². The average Bonchev–Trinajstić information content (AvgIpc) is 2.44. The van der Waals surface area contributed by atoms with E-state index in [-0.39, 0.29) is 17.9 Å². The predicted molar refractivity (Wildman–Crippen MR) is 84.3 cm³/mol. The quantitative estimate of drug-likeness (QED) is 0.844. The second kappa shape index (κ2) is 6.26. The fraction of sp³-hybridized carbons (Fsp3) is 0.250. The van der Waals surface area contributed by atoms with E-state index >= 15 is 0 Å². The molecule has 5 heteroatoms. The third-order valence-electron chi connectivity index (χ3n) is 3.33. The van der Waals surface area contributed by atoms with Crippen molar-refractivity contribution in [3.8, 4) is 0 Å². The monoisotopic (exact) mass is 285 g/mol. The van der Waals surface area contributed by atoms with Crippen molar-refractivity contribution in [2.45, 2.75) is 26.8 Å². The molecule has 0 radical (unpaired) electrons. The summed E-state index contributed by atoms with van der Waals surface area (Å²) in [4.78, 5) is 23.8. The van der Waals surface area contributed by atoms with Gasteiger partial charge >= 0.3 is 0 Å². The fourth-order valence-corrected chi connectivity index (χ4v) is 2.04. The smallest absolute Gasteiger partial charge is 0.253 e. The molecule has 0 atom stereocenters. The Balaban J connectivity index is 2.01. The van der Waals surface area contributed by atoms with Crippen LogP contribution in [0.4, 0.5) is 11.4 Å². The van der Waals surface area contributed by atoms with Crippen LogP contribution in [0.2, 0.25) is 0 Å². The van der Waals surface area contributed by atoms with Crippen molar-refractivity contribution in [2.75, 3.05) is 11.1 Å². The number of nitrogens with two attached hydrogens (primary N) is 1. The van der Waals surface area contributed by atoms with E-state index < -0.39 is 0 Å². The zero-order valence-electron chi connectivity index (χ0n) is 12.2. The van der Waals surface area contributed by atoms with Crippen LogP contribution < -0.4 is 16.6 Å². The zero-order chi connectivity index (χ0) is 15.4. The molecule has 1 aromatic heterocycles. The molecule has 0 unspecified atom stereocenters. The molecule has 0 spiro atoms. The molecular weight excluding hydrogens is 266 g/mol. The highest BCUT2D eigenvalue weighted by atomic mass is 16.1. The van der Waals surface area contributed by atoms with Crippen LogP contribution in [-0.4, -0.2) is 10.5 Å². The van der Waals surface area contributed by atoms with Crippen molar-refractivity contribution >= 4 is 17.3 Å². The van der Waals surface area contributed by atoms with Gasteiger partial charge in [-0.2, -0.15) is 0 Å². The summed E-state index contributed by atoms with van der Waals surface area (Å²) in [6.45, 7) is 4.02. The molecule has 1 amide bonds. The number of nitrogens with zero attached hydrogens (tertiary/aromatic N) is 1. The number of amides is 1. The number of pyridine rings is 1. The standard InChI is InChI=1S/C16H19N3O2/c1-11-5-6-13(17)10-14(11)18-15(20)7-9-19-8-3-4-12(2)16(19)21/h3-6,8,10H,7,9,17H2,1-2H3,(H,18,20). The molecule has 0 aliphatic heterocycles. The Morgan fingerprint density at radius 1 is 1.24 bits per heavy atom. The molecule has 0 saturated carbocycles. The van der Waals surface area contributed by atoms with Gasteiger partial charge in [0.15, 0.2) is 0 Å². The van der Waals surface area contributed by atoms with Crippen LogP contribution in [-0.2, 0) is 11.3 Å². The lowest BCUT2D eigenvalue weighted by Crippen LogP contribution is -2.24. The van der Waals surface area contributed by atoms with E-state index in [0.717, 1.165) is 5.56 Å². The van der Waals surface area contributed by atoms with E-state index in [1.54, 1.807) is 42.0 Å². The summed E-state index contributed by atoms with van der Waals surface area (Å²) in [6, 6.07) is 8.94. The van der Waals surface area contributed by atoms with Gasteiger partial charge in [-0.1, -0.05) is 12.1 Å². The number of anilines is 2. The number of aryl methyl sites for hydroxylation is 3. The molecule has 21 heavy (non-hydrogen) atoms. The lowest BCUT2D eigenvalue weighted by molar-refractivity contribution is -0.116. The minimum atomic E-state index is -0.142. The van der Waals surface area contributed by atoms with Crippen LogP contribution in [0, 0.1) is 13.8 Å². The number of rotatable bonds is 4. The van der Waals surface area contributed by atoms with E-state index in [9.17, 15) is 9.59 Å². The van der Waals surface area contributed by atoms with Crippen molar-refractivity contribution < 1.29 is 4.79 Å². The number of carbonyl (C=O) groups is 1. The Morgan fingerprint density at radius 3 is 2.76 bits per heavy atom. The van der Waals surface area contributed by atoms with Crippen molar-refractivity contribution in [3.63, 3.8) is 0 Å². The number of carbonyl (C=O) groups excluding carboxylic acids is 1. The van der Waals surface area contributed by atoms with Crippen molar-refractivity contribution in [2.24, 2.45) is 0 Å². The first-order chi connectivity index (χ1) is 9.97. The van der Waals surface area contributed by atoms with Crippen LogP contribution in [0.5, 0.6) is 0 Å². The van der Waals surface area contributed by atoms with Gasteiger partial charge in [-0.3, -0.25) is 9.59 Å². The van der Waals surface area contributed by atoms with E-state index in [2.05, 4.69) is 5.32 Å². The molecule has 110 valence electrons. The summed E-state index contributed by atoms with van der Waals surface area (Å²) >= 11 is 0. The van der Waals surface area contributed by atoms with Crippen molar-refractivity contribution in [1.82, 2.24) is 4.57 Å². The Bertz CT molecular complexity index is 720. The first-order valence-electron chi connectivity index (χ1n) is 6.79. The third kappa shape index (κ3) is 3.72. The summed E-state index contributed by atoms with van der Waals surface area (Å²) in [5, 5.41) is 2.82. The summed E-state index contributed by atoms with van der Waals surface area (Å²) in [7, 11) is 0. The molecule has 0 aliphatic rings. The van der Waals surface area contributed by atoms with Crippen LogP contribution in [0.25, 0.3) is 0 Å². The Hall–Kier alpha value is -2.56. The third-order valence-corrected chi connectivity index (χ3v) is 3.33. The van der Waals surface area contributed by atoms with Crippen LogP contribution in [0.1, 0.15) is 17.5 Å². The molecule has 0 saturated heterocycles. The van der Waals surface area contributed by atoms with Gasteiger partial charge in [0.1, 0.15) is 0 Å². The number of nitrogens with one attached hydrogen (secondary N) is 1. The highest BCUT2D eigenvalue weighted by Gasteiger charge is 2.06. The lowest BCUT2D eigenvalue weighted by atomic mass is 10.2. The molecular formula is C16H19N3O2. The molecule has 2 aromatic rings. The fourth-order valence-electron chi connectivity index (χ4n) is 2.04. The van der Waals surface area contributed by atoms with Gasteiger partial charge in [-0.05, 0) is 37.6 Å². The maximum atomic E-state index is 12.0. The SMILES string of the molecule is Cc1ccc(N)cc1NC(=O)CCn1cccc(C)c1=O. The molecule has 0 fully saturated rings. The van der Waals surface area contributed by atoms with E-state index in [0.29, 0.717) is 23.5 Å². The Morgan fingerprint density at radius 2 is 2.00 bits per heavy atom. The molecule has 3 N–H and O–H groups in total. The van der Waals surface area contributed by atoms with Gasteiger partial charge < -0.3 is 15.6 Å².